The van der Waals surface area contributed by atoms with Crippen LogP contribution in [0, 0.1) is 5.92 Å². The van der Waals surface area contributed by atoms with Crippen molar-refractivity contribution in [2.24, 2.45) is 5.92 Å². The molecule has 1 N–H and O–H groups in total. The van der Waals surface area contributed by atoms with Gasteiger partial charge in [-0.15, -0.1) is 0 Å². The fourth-order valence-corrected chi connectivity index (χ4v) is 3.89. The van der Waals surface area contributed by atoms with E-state index in [1.807, 2.05) is 0 Å². The Morgan fingerprint density at radius 1 is 1.25 bits per heavy atom. The second kappa shape index (κ2) is 6.21. The van der Waals surface area contributed by atoms with Gasteiger partial charge in [-0.1, -0.05) is 26.7 Å². The van der Waals surface area contributed by atoms with Crippen LogP contribution in [0.15, 0.2) is 6.20 Å². The van der Waals surface area contributed by atoms with E-state index >= 15 is 0 Å². The molecule has 0 amide bonds. The second-order valence-corrected chi connectivity index (χ2v) is 6.60. The highest BCUT2D eigenvalue weighted by molar-refractivity contribution is 5.25. The van der Waals surface area contributed by atoms with E-state index in [9.17, 15) is 0 Å². The summed E-state index contributed by atoms with van der Waals surface area (Å²) in [5, 5.41) is 3.57. The van der Waals surface area contributed by atoms with Gasteiger partial charge in [-0.3, -0.25) is 0 Å². The first kappa shape index (κ1) is 14.0. The van der Waals surface area contributed by atoms with Crippen molar-refractivity contribution in [3.05, 3.63) is 23.3 Å². The van der Waals surface area contributed by atoms with Crippen LogP contribution in [-0.4, -0.2) is 16.5 Å². The standard InChI is InChI=1S/C17H27N3/c1-3-18-15-8-5-9-16-14(15)11-19-17(20-16)13-7-4-6-12(2)10-13/h11-13,15,18H,3-10H2,1-2H3. The first-order chi connectivity index (χ1) is 9.78. The van der Waals surface area contributed by atoms with Crippen LogP contribution in [0.5, 0.6) is 0 Å². The zero-order chi connectivity index (χ0) is 13.9. The van der Waals surface area contributed by atoms with Gasteiger partial charge in [0.2, 0.25) is 0 Å². The Balaban J connectivity index is 1.81. The molecule has 1 aromatic heterocycles. The normalized spacial score (nSPS) is 30.0. The molecule has 110 valence electrons. The summed E-state index contributed by atoms with van der Waals surface area (Å²) in [6.45, 7) is 5.56. The number of hydrogen-bond acceptors (Lipinski definition) is 3. The molecule has 1 saturated carbocycles. The molecule has 0 spiro atoms. The summed E-state index contributed by atoms with van der Waals surface area (Å²) in [6, 6.07) is 0.475. The van der Waals surface area contributed by atoms with Crippen molar-refractivity contribution in [3.8, 4) is 0 Å². The van der Waals surface area contributed by atoms with Crippen molar-refractivity contribution < 1.29 is 0 Å². The maximum Gasteiger partial charge on any atom is 0.131 e. The van der Waals surface area contributed by atoms with Crippen LogP contribution in [0.25, 0.3) is 0 Å². The van der Waals surface area contributed by atoms with Crippen LogP contribution >= 0.6 is 0 Å². The summed E-state index contributed by atoms with van der Waals surface area (Å²) in [7, 11) is 0. The molecule has 2 aliphatic carbocycles. The lowest BCUT2D eigenvalue weighted by Crippen LogP contribution is -2.26. The zero-order valence-corrected chi connectivity index (χ0v) is 12.9. The van der Waals surface area contributed by atoms with Gasteiger partial charge in [-0.25, -0.2) is 9.97 Å². The predicted molar refractivity (Wildman–Crippen MR) is 81.8 cm³/mol. The Bertz CT molecular complexity index is 458. The lowest BCUT2D eigenvalue weighted by atomic mass is 9.82. The van der Waals surface area contributed by atoms with Crippen LogP contribution in [0.3, 0.4) is 0 Å². The van der Waals surface area contributed by atoms with E-state index in [0.717, 1.165) is 24.7 Å². The molecule has 3 atom stereocenters. The average molecular weight is 273 g/mol. The van der Waals surface area contributed by atoms with E-state index in [1.54, 1.807) is 0 Å². The summed E-state index contributed by atoms with van der Waals surface area (Å²) in [5.41, 5.74) is 2.66. The molecule has 0 radical (unpaired) electrons. The van der Waals surface area contributed by atoms with Gasteiger partial charge >= 0.3 is 0 Å². The van der Waals surface area contributed by atoms with E-state index < -0.39 is 0 Å². The number of aromatic nitrogens is 2. The molecule has 3 heteroatoms. The van der Waals surface area contributed by atoms with Crippen LogP contribution in [0.2, 0.25) is 0 Å². The van der Waals surface area contributed by atoms with Gasteiger partial charge in [0.15, 0.2) is 0 Å². The Kier molecular flexibility index (Phi) is 4.35. The van der Waals surface area contributed by atoms with Crippen LogP contribution in [0.1, 0.15) is 81.4 Å². The maximum atomic E-state index is 4.95. The molecular weight excluding hydrogens is 246 g/mol. The minimum Gasteiger partial charge on any atom is -0.310 e. The van der Waals surface area contributed by atoms with Crippen LogP contribution in [-0.2, 0) is 6.42 Å². The molecule has 0 saturated heterocycles. The average Bonchev–Trinajstić information content (AvgIpc) is 2.47. The van der Waals surface area contributed by atoms with Gasteiger partial charge < -0.3 is 5.32 Å². The topological polar surface area (TPSA) is 37.8 Å². The number of fused-ring (bicyclic) bond motifs is 1. The third-order valence-electron chi connectivity index (χ3n) is 4.95. The third kappa shape index (κ3) is 2.88. The zero-order valence-electron chi connectivity index (χ0n) is 12.9. The van der Waals surface area contributed by atoms with Crippen molar-refractivity contribution in [2.45, 2.75) is 70.8 Å². The summed E-state index contributed by atoms with van der Waals surface area (Å²) < 4.78 is 0. The number of nitrogens with zero attached hydrogens (tertiary/aromatic N) is 2. The van der Waals surface area contributed by atoms with Gasteiger partial charge in [0.25, 0.3) is 0 Å². The van der Waals surface area contributed by atoms with Gasteiger partial charge in [-0.05, 0) is 44.6 Å². The first-order valence-corrected chi connectivity index (χ1v) is 8.37. The summed E-state index contributed by atoms with van der Waals surface area (Å²) >= 11 is 0. The molecule has 0 aliphatic heterocycles. The van der Waals surface area contributed by atoms with Crippen LogP contribution < -0.4 is 5.32 Å². The van der Waals surface area contributed by atoms with Crippen molar-refractivity contribution in [1.29, 1.82) is 0 Å². The molecule has 3 nitrogen and oxygen atoms in total. The van der Waals surface area contributed by atoms with Gasteiger partial charge in [0, 0.05) is 29.4 Å². The van der Waals surface area contributed by atoms with Gasteiger partial charge in [0.05, 0.1) is 0 Å². The fourth-order valence-electron chi connectivity index (χ4n) is 3.89. The third-order valence-corrected chi connectivity index (χ3v) is 4.95. The highest BCUT2D eigenvalue weighted by atomic mass is 14.9. The molecule has 1 heterocycles. The molecular formula is C17H27N3. The Labute approximate surface area is 122 Å². The molecule has 0 bridgehead atoms. The van der Waals surface area contributed by atoms with Crippen molar-refractivity contribution in [1.82, 2.24) is 15.3 Å². The summed E-state index contributed by atoms with van der Waals surface area (Å²) in [5.74, 6) is 2.55. The quantitative estimate of drug-likeness (QED) is 0.911. The molecule has 20 heavy (non-hydrogen) atoms. The molecule has 2 aliphatic rings. The molecule has 0 aromatic carbocycles. The van der Waals surface area contributed by atoms with E-state index in [1.165, 1.54) is 49.8 Å². The van der Waals surface area contributed by atoms with Crippen molar-refractivity contribution in [3.63, 3.8) is 0 Å². The largest absolute Gasteiger partial charge is 0.310 e. The molecule has 3 unspecified atom stereocenters. The minimum atomic E-state index is 0.475. The highest BCUT2D eigenvalue weighted by Gasteiger charge is 2.26. The SMILES string of the molecule is CCNC1CCCc2nc(C3CCCC(C)C3)ncc21. The maximum absolute atomic E-state index is 4.95. The molecule has 1 aromatic rings. The fraction of sp³-hybridized carbons (Fsp3) is 0.765. The Morgan fingerprint density at radius 2 is 2.15 bits per heavy atom. The van der Waals surface area contributed by atoms with E-state index in [2.05, 4.69) is 25.4 Å². The monoisotopic (exact) mass is 273 g/mol. The lowest BCUT2D eigenvalue weighted by Gasteiger charge is -2.28. The predicted octanol–water partition coefficient (Wildman–Crippen LogP) is 3.76. The van der Waals surface area contributed by atoms with Gasteiger partial charge in [0.1, 0.15) is 5.82 Å². The van der Waals surface area contributed by atoms with Gasteiger partial charge in [-0.2, -0.15) is 0 Å². The first-order valence-electron chi connectivity index (χ1n) is 8.37. The van der Waals surface area contributed by atoms with Crippen molar-refractivity contribution >= 4 is 0 Å². The minimum absolute atomic E-state index is 0.475. The number of hydrogen-bond donors (Lipinski definition) is 1. The number of rotatable bonds is 3. The second-order valence-electron chi connectivity index (χ2n) is 6.60. The summed E-state index contributed by atoms with van der Waals surface area (Å²) in [6.07, 6.45) is 11.0. The summed E-state index contributed by atoms with van der Waals surface area (Å²) in [4.78, 5) is 9.68. The molecule has 3 rings (SSSR count). The number of nitrogens with one attached hydrogen (secondary N) is 1. The lowest BCUT2D eigenvalue weighted by molar-refractivity contribution is 0.333. The number of aryl methyl sites for hydroxylation is 1. The van der Waals surface area contributed by atoms with Crippen LogP contribution in [0.4, 0.5) is 0 Å². The highest BCUT2D eigenvalue weighted by Crippen LogP contribution is 2.35. The van der Waals surface area contributed by atoms with Crippen molar-refractivity contribution in [2.75, 3.05) is 6.54 Å². The Hall–Kier alpha value is -0.960. The van der Waals surface area contributed by atoms with E-state index in [4.69, 9.17) is 9.97 Å². The van der Waals surface area contributed by atoms with E-state index in [-0.39, 0.29) is 0 Å². The Morgan fingerprint density at radius 3 is 2.95 bits per heavy atom. The van der Waals surface area contributed by atoms with E-state index in [0.29, 0.717) is 12.0 Å². The molecule has 1 fully saturated rings. The smallest absolute Gasteiger partial charge is 0.131 e.